The molecule has 0 aliphatic carbocycles. The lowest BCUT2D eigenvalue weighted by Gasteiger charge is -2.33. The summed E-state index contributed by atoms with van der Waals surface area (Å²) in [5.74, 6) is -0.225. The lowest BCUT2D eigenvalue weighted by Crippen LogP contribution is -2.47. The van der Waals surface area contributed by atoms with Gasteiger partial charge in [0.2, 0.25) is 0 Å². The summed E-state index contributed by atoms with van der Waals surface area (Å²) in [5, 5.41) is 0. The van der Waals surface area contributed by atoms with Crippen LogP contribution in [0, 0.1) is 0 Å². The van der Waals surface area contributed by atoms with Crippen LogP contribution in [0.2, 0.25) is 0 Å². The lowest BCUT2D eigenvalue weighted by atomic mass is 10.1. The number of hydrogen-bond donors (Lipinski definition) is 0. The van der Waals surface area contributed by atoms with E-state index in [2.05, 4.69) is 6.58 Å². The summed E-state index contributed by atoms with van der Waals surface area (Å²) in [6, 6.07) is 0. The van der Waals surface area contributed by atoms with E-state index in [0.29, 0.717) is 4.65 Å². The number of hydrogen-bond acceptors (Lipinski definition) is 2. The average Bonchev–Trinajstić information content (AvgIpc) is 2.05. The number of hydroxylamine groups is 3. The van der Waals surface area contributed by atoms with Gasteiger partial charge in [-0.3, -0.25) is 4.84 Å². The van der Waals surface area contributed by atoms with Crippen molar-refractivity contribution < 1.29 is 14.3 Å². The van der Waals surface area contributed by atoms with E-state index in [0.717, 1.165) is 25.9 Å². The fourth-order valence-corrected chi connectivity index (χ4v) is 1.61. The van der Waals surface area contributed by atoms with Crippen LogP contribution in [0.3, 0.4) is 0 Å². The van der Waals surface area contributed by atoms with E-state index < -0.39 is 0 Å². The number of piperidine rings is 1. The molecule has 1 fully saturated rings. The Kier molecular flexibility index (Phi) is 2.87. The van der Waals surface area contributed by atoms with Crippen LogP contribution in [0.25, 0.3) is 0 Å². The van der Waals surface area contributed by atoms with Gasteiger partial charge in [0.15, 0.2) is 0 Å². The molecule has 0 aromatic rings. The van der Waals surface area contributed by atoms with Gasteiger partial charge in [0, 0.05) is 19.8 Å². The number of carbonyl (C=O) groups is 1. The Labute approximate surface area is 73.2 Å². The second kappa shape index (κ2) is 3.72. The highest BCUT2D eigenvalue weighted by atomic mass is 16.7. The summed E-state index contributed by atoms with van der Waals surface area (Å²) < 4.78 is 0.315. The summed E-state index contributed by atoms with van der Waals surface area (Å²) in [5.41, 5.74) is 0. The Hall–Kier alpha value is -0.830. The molecule has 0 N–H and O–H groups in total. The molecule has 1 aliphatic heterocycles. The first-order valence-electron chi connectivity index (χ1n) is 4.39. The molecule has 12 heavy (non-hydrogen) atoms. The van der Waals surface area contributed by atoms with E-state index in [1.165, 1.54) is 13.3 Å². The smallest absolute Gasteiger partial charge is 0.272 e. The molecule has 1 rings (SSSR count). The van der Waals surface area contributed by atoms with Crippen LogP contribution in [0.5, 0.6) is 0 Å². The van der Waals surface area contributed by atoms with Crippen molar-refractivity contribution in [2.75, 3.05) is 13.1 Å². The SMILES string of the molecule is C=C[N+]1(OC(C)=O)CCCCC1. The minimum absolute atomic E-state index is 0.225. The van der Waals surface area contributed by atoms with Crippen LogP contribution < -0.4 is 0 Å². The molecule has 0 saturated carbocycles. The van der Waals surface area contributed by atoms with E-state index in [1.54, 1.807) is 6.20 Å². The van der Waals surface area contributed by atoms with Crippen LogP contribution in [0.15, 0.2) is 12.8 Å². The molecule has 0 amide bonds. The maximum Gasteiger partial charge on any atom is 0.364 e. The quantitative estimate of drug-likeness (QED) is 0.588. The fourth-order valence-electron chi connectivity index (χ4n) is 1.61. The number of quaternary nitrogens is 1. The molecule has 68 valence electrons. The van der Waals surface area contributed by atoms with E-state index >= 15 is 0 Å². The molecular formula is C9H16NO2+. The van der Waals surface area contributed by atoms with Crippen molar-refractivity contribution in [3.05, 3.63) is 12.8 Å². The Morgan fingerprint density at radius 1 is 1.42 bits per heavy atom. The summed E-state index contributed by atoms with van der Waals surface area (Å²) >= 11 is 0. The van der Waals surface area contributed by atoms with Gasteiger partial charge < -0.3 is 0 Å². The summed E-state index contributed by atoms with van der Waals surface area (Å²) in [7, 11) is 0. The maximum atomic E-state index is 10.8. The third-order valence-electron chi connectivity index (χ3n) is 2.22. The van der Waals surface area contributed by atoms with Gasteiger partial charge in [-0.1, -0.05) is 0 Å². The van der Waals surface area contributed by atoms with Crippen molar-refractivity contribution in [2.45, 2.75) is 26.2 Å². The van der Waals surface area contributed by atoms with Gasteiger partial charge in [-0.2, -0.15) is 0 Å². The van der Waals surface area contributed by atoms with E-state index in [9.17, 15) is 4.79 Å². The molecular weight excluding hydrogens is 154 g/mol. The zero-order valence-corrected chi connectivity index (χ0v) is 7.58. The number of carbonyl (C=O) groups excluding carboxylic acids is 1. The van der Waals surface area contributed by atoms with Crippen molar-refractivity contribution >= 4 is 5.97 Å². The van der Waals surface area contributed by atoms with Crippen LogP contribution in [0.4, 0.5) is 0 Å². The average molecular weight is 170 g/mol. The zero-order chi connectivity index (χ0) is 9.03. The summed E-state index contributed by atoms with van der Waals surface area (Å²) in [4.78, 5) is 16.0. The summed E-state index contributed by atoms with van der Waals surface area (Å²) in [6.45, 7) is 6.90. The Bertz CT molecular complexity index is 183. The third kappa shape index (κ3) is 2.08. The zero-order valence-electron chi connectivity index (χ0n) is 7.58. The molecule has 3 nitrogen and oxygen atoms in total. The highest BCUT2D eigenvalue weighted by molar-refractivity contribution is 5.65. The molecule has 0 atom stereocenters. The first-order chi connectivity index (χ1) is 5.68. The molecule has 1 aliphatic rings. The van der Waals surface area contributed by atoms with Gasteiger partial charge in [-0.15, -0.1) is 4.65 Å². The predicted octanol–water partition coefficient (Wildman–Crippen LogP) is 1.61. The number of rotatable bonds is 2. The molecule has 3 heteroatoms. The lowest BCUT2D eigenvalue weighted by molar-refractivity contribution is -1.05. The first kappa shape index (κ1) is 9.26. The van der Waals surface area contributed by atoms with Crippen LogP contribution >= 0.6 is 0 Å². The van der Waals surface area contributed by atoms with Gasteiger partial charge >= 0.3 is 5.97 Å². The highest BCUT2D eigenvalue weighted by Gasteiger charge is 2.31. The highest BCUT2D eigenvalue weighted by Crippen LogP contribution is 2.19. The number of likely N-dealkylation sites (tertiary alicyclic amines) is 1. The van der Waals surface area contributed by atoms with Crippen molar-refractivity contribution in [2.24, 2.45) is 0 Å². The second-order valence-corrected chi connectivity index (χ2v) is 3.23. The van der Waals surface area contributed by atoms with Crippen LogP contribution in [0.1, 0.15) is 26.2 Å². The van der Waals surface area contributed by atoms with Gasteiger partial charge in [0.25, 0.3) is 0 Å². The molecule has 0 radical (unpaired) electrons. The number of nitrogens with zero attached hydrogens (tertiary/aromatic N) is 1. The Balaban J connectivity index is 2.59. The molecule has 0 spiro atoms. The Morgan fingerprint density at radius 3 is 2.42 bits per heavy atom. The summed E-state index contributed by atoms with van der Waals surface area (Å²) in [6.07, 6.45) is 5.17. The molecule has 1 heterocycles. The van der Waals surface area contributed by atoms with Crippen molar-refractivity contribution in [1.82, 2.24) is 0 Å². The molecule has 0 unspecified atom stereocenters. The van der Waals surface area contributed by atoms with E-state index in [-0.39, 0.29) is 5.97 Å². The monoisotopic (exact) mass is 170 g/mol. The fraction of sp³-hybridized carbons (Fsp3) is 0.667. The first-order valence-corrected chi connectivity index (χ1v) is 4.39. The van der Waals surface area contributed by atoms with Gasteiger partial charge in [0.1, 0.15) is 19.3 Å². The molecule has 1 saturated heterocycles. The van der Waals surface area contributed by atoms with Crippen molar-refractivity contribution in [1.29, 1.82) is 0 Å². The Morgan fingerprint density at radius 2 is 2.00 bits per heavy atom. The van der Waals surface area contributed by atoms with Crippen molar-refractivity contribution in [3.63, 3.8) is 0 Å². The predicted molar refractivity (Wildman–Crippen MR) is 45.8 cm³/mol. The van der Waals surface area contributed by atoms with E-state index in [1.807, 2.05) is 0 Å². The van der Waals surface area contributed by atoms with Gasteiger partial charge in [-0.05, 0) is 13.0 Å². The topological polar surface area (TPSA) is 26.3 Å². The van der Waals surface area contributed by atoms with Crippen molar-refractivity contribution in [3.8, 4) is 0 Å². The normalized spacial score (nSPS) is 21.4. The third-order valence-corrected chi connectivity index (χ3v) is 2.22. The van der Waals surface area contributed by atoms with E-state index in [4.69, 9.17) is 4.84 Å². The largest absolute Gasteiger partial charge is 0.364 e. The second-order valence-electron chi connectivity index (χ2n) is 3.23. The molecule has 0 aromatic carbocycles. The minimum atomic E-state index is -0.225. The molecule has 0 aromatic heterocycles. The van der Waals surface area contributed by atoms with Gasteiger partial charge in [0.05, 0.1) is 0 Å². The van der Waals surface area contributed by atoms with Crippen LogP contribution in [-0.2, 0) is 9.63 Å². The standard InChI is InChI=1S/C9H16NO2/c1-3-10(12-9(2)11)7-5-4-6-8-10/h3H,1,4-8H2,2H3/q+1. The van der Waals surface area contributed by atoms with Gasteiger partial charge in [-0.25, -0.2) is 4.79 Å². The van der Waals surface area contributed by atoms with Crippen LogP contribution in [-0.4, -0.2) is 23.7 Å². The maximum absolute atomic E-state index is 10.8. The molecule has 0 bridgehead atoms. The minimum Gasteiger partial charge on any atom is -0.272 e.